The van der Waals surface area contributed by atoms with Crippen molar-refractivity contribution in [1.82, 2.24) is 29.5 Å². The van der Waals surface area contributed by atoms with E-state index in [0.29, 0.717) is 17.5 Å². The lowest BCUT2D eigenvalue weighted by Crippen LogP contribution is -2.07. The molecule has 0 fully saturated rings. The van der Waals surface area contributed by atoms with Gasteiger partial charge in [-0.3, -0.25) is 4.40 Å². The van der Waals surface area contributed by atoms with E-state index < -0.39 is 29.1 Å². The van der Waals surface area contributed by atoms with Crippen molar-refractivity contribution in [3.63, 3.8) is 0 Å². The SMILES string of the molecule is Cc1ccc(Oc2c(F)cc(COc3ccn4c(-c5cncnc5)nnc4n3)cc2F)cc1C(F)(F)F. The number of halogens is 5. The molecule has 0 saturated carbocycles. The topological polar surface area (TPSA) is 87.3 Å². The maximum Gasteiger partial charge on any atom is 0.416 e. The lowest BCUT2D eigenvalue weighted by molar-refractivity contribution is -0.138. The van der Waals surface area contributed by atoms with Gasteiger partial charge in [0.05, 0.1) is 11.1 Å². The summed E-state index contributed by atoms with van der Waals surface area (Å²) in [4.78, 5) is 12.1. The zero-order valence-corrected chi connectivity index (χ0v) is 18.9. The van der Waals surface area contributed by atoms with Crippen LogP contribution >= 0.6 is 0 Å². The molecule has 0 spiro atoms. The molecule has 0 atom stereocenters. The average molecular weight is 514 g/mol. The Balaban J connectivity index is 1.31. The Hall–Kier alpha value is -4.68. The van der Waals surface area contributed by atoms with Gasteiger partial charge in [-0.1, -0.05) is 6.07 Å². The molecule has 0 aliphatic rings. The number of aryl methyl sites for hydroxylation is 1. The molecule has 8 nitrogen and oxygen atoms in total. The predicted molar refractivity (Wildman–Crippen MR) is 119 cm³/mol. The van der Waals surface area contributed by atoms with Gasteiger partial charge in [-0.2, -0.15) is 18.2 Å². The molecule has 2 aromatic carbocycles. The zero-order chi connectivity index (χ0) is 26.2. The van der Waals surface area contributed by atoms with Crippen LogP contribution in [0.4, 0.5) is 22.0 Å². The van der Waals surface area contributed by atoms with E-state index in [1.807, 2.05) is 0 Å². The van der Waals surface area contributed by atoms with Crippen LogP contribution in [-0.2, 0) is 12.8 Å². The van der Waals surface area contributed by atoms with Crippen molar-refractivity contribution in [3.8, 4) is 28.8 Å². The van der Waals surface area contributed by atoms with Crippen molar-refractivity contribution >= 4 is 5.78 Å². The smallest absolute Gasteiger partial charge is 0.416 e. The maximum absolute atomic E-state index is 14.6. The lowest BCUT2D eigenvalue weighted by Gasteiger charge is -2.14. The number of hydrogen-bond donors (Lipinski definition) is 0. The minimum Gasteiger partial charge on any atom is -0.473 e. The molecule has 0 aliphatic heterocycles. The van der Waals surface area contributed by atoms with E-state index in [2.05, 4.69) is 25.1 Å². The summed E-state index contributed by atoms with van der Waals surface area (Å²) >= 11 is 0. The molecule has 0 radical (unpaired) electrons. The molecule has 5 rings (SSSR count). The highest BCUT2D eigenvalue weighted by Gasteiger charge is 2.33. The van der Waals surface area contributed by atoms with E-state index in [-0.39, 0.29) is 35.1 Å². The van der Waals surface area contributed by atoms with Gasteiger partial charge >= 0.3 is 6.18 Å². The normalized spacial score (nSPS) is 11.6. The first-order valence-corrected chi connectivity index (χ1v) is 10.6. The van der Waals surface area contributed by atoms with Crippen molar-refractivity contribution in [1.29, 1.82) is 0 Å². The number of ether oxygens (including phenoxy) is 2. The van der Waals surface area contributed by atoms with E-state index in [1.54, 1.807) is 23.0 Å². The largest absolute Gasteiger partial charge is 0.473 e. The first-order chi connectivity index (χ1) is 17.7. The van der Waals surface area contributed by atoms with Crippen molar-refractivity contribution in [2.45, 2.75) is 19.7 Å². The van der Waals surface area contributed by atoms with Gasteiger partial charge < -0.3 is 9.47 Å². The fourth-order valence-electron chi connectivity index (χ4n) is 3.50. The molecule has 0 unspecified atom stereocenters. The summed E-state index contributed by atoms with van der Waals surface area (Å²) in [6, 6.07) is 6.48. The Morgan fingerprint density at radius 1 is 0.946 bits per heavy atom. The van der Waals surface area contributed by atoms with Crippen LogP contribution in [0.3, 0.4) is 0 Å². The first-order valence-electron chi connectivity index (χ1n) is 10.6. The Kier molecular flexibility index (Phi) is 6.11. The molecule has 0 amide bonds. The van der Waals surface area contributed by atoms with Gasteiger partial charge in [-0.05, 0) is 42.3 Å². The van der Waals surface area contributed by atoms with E-state index in [9.17, 15) is 22.0 Å². The van der Waals surface area contributed by atoms with Crippen LogP contribution in [0, 0.1) is 18.6 Å². The molecular weight excluding hydrogens is 499 g/mol. The summed E-state index contributed by atoms with van der Waals surface area (Å²) < 4.78 is 80.9. The lowest BCUT2D eigenvalue weighted by atomic mass is 10.1. The highest BCUT2D eigenvalue weighted by molar-refractivity contribution is 5.55. The van der Waals surface area contributed by atoms with Crippen LogP contribution < -0.4 is 9.47 Å². The third-order valence-corrected chi connectivity index (χ3v) is 5.25. The van der Waals surface area contributed by atoms with Crippen molar-refractivity contribution < 1.29 is 31.4 Å². The number of hydrogen-bond acceptors (Lipinski definition) is 7. The van der Waals surface area contributed by atoms with Crippen molar-refractivity contribution in [3.05, 3.63) is 89.6 Å². The van der Waals surface area contributed by atoms with E-state index >= 15 is 0 Å². The van der Waals surface area contributed by atoms with Gasteiger partial charge in [-0.25, -0.2) is 18.7 Å². The Bertz CT molecular complexity index is 1570. The number of fused-ring (bicyclic) bond motifs is 1. The second-order valence-electron chi connectivity index (χ2n) is 7.84. The Morgan fingerprint density at radius 2 is 1.68 bits per heavy atom. The molecule has 0 aliphatic carbocycles. The number of benzene rings is 2. The Labute approximate surface area is 205 Å². The summed E-state index contributed by atoms with van der Waals surface area (Å²) in [6.45, 7) is 1.02. The molecule has 0 bridgehead atoms. The summed E-state index contributed by atoms with van der Waals surface area (Å²) in [5.74, 6) is -2.60. The molecule has 13 heteroatoms. The molecule has 37 heavy (non-hydrogen) atoms. The second kappa shape index (κ2) is 9.41. The average Bonchev–Trinajstić information content (AvgIpc) is 3.29. The van der Waals surface area contributed by atoms with Gasteiger partial charge in [0.2, 0.25) is 5.88 Å². The van der Waals surface area contributed by atoms with E-state index in [0.717, 1.165) is 18.2 Å². The van der Waals surface area contributed by atoms with Gasteiger partial charge in [0, 0.05) is 24.7 Å². The van der Waals surface area contributed by atoms with Crippen molar-refractivity contribution in [2.24, 2.45) is 0 Å². The van der Waals surface area contributed by atoms with Crippen LogP contribution in [0.2, 0.25) is 0 Å². The second-order valence-corrected chi connectivity index (χ2v) is 7.84. The number of nitrogens with zero attached hydrogens (tertiary/aromatic N) is 6. The summed E-state index contributed by atoms with van der Waals surface area (Å²) in [7, 11) is 0. The number of rotatable bonds is 6. The standard InChI is InChI=1S/C24H15F5N6O2/c1-13-2-3-16(8-17(13)24(27,28)29)37-21-18(25)6-14(7-19(21)26)11-36-20-4-5-35-22(33-34-23(35)32-20)15-9-30-12-31-10-15/h2-10,12H,11H2,1H3. The highest BCUT2D eigenvalue weighted by Crippen LogP contribution is 2.36. The third kappa shape index (κ3) is 5.01. The van der Waals surface area contributed by atoms with Gasteiger partial charge in [-0.15, -0.1) is 10.2 Å². The quantitative estimate of drug-likeness (QED) is 0.274. The number of aromatic nitrogens is 6. The van der Waals surface area contributed by atoms with Crippen molar-refractivity contribution in [2.75, 3.05) is 0 Å². The molecule has 3 heterocycles. The van der Waals surface area contributed by atoms with Crippen LogP contribution in [0.15, 0.2) is 61.3 Å². The Morgan fingerprint density at radius 3 is 2.38 bits per heavy atom. The van der Waals surface area contributed by atoms with E-state index in [4.69, 9.17) is 9.47 Å². The van der Waals surface area contributed by atoms with Gasteiger partial charge in [0.1, 0.15) is 18.7 Å². The van der Waals surface area contributed by atoms with Crippen LogP contribution in [-0.4, -0.2) is 29.5 Å². The fourth-order valence-corrected chi connectivity index (χ4v) is 3.50. The van der Waals surface area contributed by atoms with E-state index in [1.165, 1.54) is 25.4 Å². The van der Waals surface area contributed by atoms with Crippen LogP contribution in [0.1, 0.15) is 16.7 Å². The minimum atomic E-state index is -4.64. The van der Waals surface area contributed by atoms with Gasteiger partial charge in [0.15, 0.2) is 23.2 Å². The summed E-state index contributed by atoms with van der Waals surface area (Å²) in [5.41, 5.74) is -0.278. The highest BCUT2D eigenvalue weighted by atomic mass is 19.4. The van der Waals surface area contributed by atoms with Crippen LogP contribution in [0.25, 0.3) is 17.2 Å². The molecule has 0 saturated heterocycles. The predicted octanol–water partition coefficient (Wildman–Crippen LogP) is 5.56. The minimum absolute atomic E-state index is 0.0449. The summed E-state index contributed by atoms with van der Waals surface area (Å²) in [6.07, 6.45) is 1.49. The maximum atomic E-state index is 14.6. The summed E-state index contributed by atoms with van der Waals surface area (Å²) in [5, 5.41) is 8.03. The molecule has 0 N–H and O–H groups in total. The molecule has 5 aromatic rings. The molecule has 3 aromatic heterocycles. The molecule has 188 valence electrons. The third-order valence-electron chi connectivity index (χ3n) is 5.25. The van der Waals surface area contributed by atoms with Crippen LogP contribution in [0.5, 0.6) is 17.4 Å². The fraction of sp³-hybridized carbons (Fsp3) is 0.125. The first kappa shape index (κ1) is 24.0. The molecular formula is C24H15F5N6O2. The number of alkyl halides is 3. The zero-order valence-electron chi connectivity index (χ0n) is 18.9. The van der Waals surface area contributed by atoms with Gasteiger partial charge in [0.25, 0.3) is 5.78 Å². The monoisotopic (exact) mass is 514 g/mol.